The van der Waals surface area contributed by atoms with Crippen LogP contribution in [0.25, 0.3) is 28.3 Å². The Morgan fingerprint density at radius 2 is 1.77 bits per heavy atom. The number of nitrogens with zero attached hydrogens (tertiary/aromatic N) is 5. The lowest BCUT2D eigenvalue weighted by molar-refractivity contribution is 0.102. The number of halogens is 1. The highest BCUT2D eigenvalue weighted by Crippen LogP contribution is 2.34. The molecule has 212 valence electrons. The zero-order chi connectivity index (χ0) is 29.3. The summed E-state index contributed by atoms with van der Waals surface area (Å²) in [5.74, 6) is -0.621. The summed E-state index contributed by atoms with van der Waals surface area (Å²) in [7, 11) is 2.13. The predicted octanol–water partition coefficient (Wildman–Crippen LogP) is 6.58. The Morgan fingerprint density at radius 3 is 2.67 bits per heavy atom. The van der Waals surface area contributed by atoms with E-state index < -0.39 is 11.7 Å². The van der Waals surface area contributed by atoms with E-state index in [0.29, 0.717) is 23.0 Å². The van der Waals surface area contributed by atoms with Crippen molar-refractivity contribution in [3.63, 3.8) is 0 Å². The van der Waals surface area contributed by atoms with Crippen LogP contribution in [0.1, 0.15) is 21.5 Å². The zero-order valence-electron chi connectivity index (χ0n) is 23.5. The van der Waals surface area contributed by atoms with Gasteiger partial charge in [-0.1, -0.05) is 36.4 Å². The van der Waals surface area contributed by atoms with Gasteiger partial charge in [-0.3, -0.25) is 9.20 Å². The third kappa shape index (κ3) is 5.33. The predicted molar refractivity (Wildman–Crippen MR) is 166 cm³/mol. The third-order valence-corrected chi connectivity index (χ3v) is 7.61. The third-order valence-electron chi connectivity index (χ3n) is 7.61. The van der Waals surface area contributed by atoms with Gasteiger partial charge in [0.1, 0.15) is 11.5 Å². The van der Waals surface area contributed by atoms with Crippen molar-refractivity contribution in [3.8, 4) is 22.6 Å². The van der Waals surface area contributed by atoms with Crippen LogP contribution in [0.5, 0.6) is 0 Å². The first-order valence-electron chi connectivity index (χ1n) is 14.1. The first-order chi connectivity index (χ1) is 21.0. The molecule has 0 bridgehead atoms. The van der Waals surface area contributed by atoms with E-state index >= 15 is 0 Å². The fraction of sp³-hybridized carbons (Fsp3) is 0.118. The number of benzene rings is 3. The first kappa shape index (κ1) is 26.5. The number of nitrogens with one attached hydrogen (secondary N) is 2. The minimum atomic E-state index is -0.574. The van der Waals surface area contributed by atoms with Gasteiger partial charge in [0.25, 0.3) is 5.91 Å². The average molecular weight is 570 g/mol. The van der Waals surface area contributed by atoms with Crippen molar-refractivity contribution in [2.75, 3.05) is 24.2 Å². The Morgan fingerprint density at radius 1 is 0.884 bits per heavy atom. The van der Waals surface area contributed by atoms with E-state index in [-0.39, 0.29) is 5.56 Å². The number of carbonyl (C=O) groups excluding carboxylic acids is 1. The van der Waals surface area contributed by atoms with Crippen LogP contribution in [0.15, 0.2) is 103 Å². The number of pyridine rings is 1. The monoisotopic (exact) mass is 569 g/mol. The largest absolute Gasteiger partial charge is 0.324 e. The molecule has 9 heteroatoms. The average Bonchev–Trinajstić information content (AvgIpc) is 3.41. The van der Waals surface area contributed by atoms with Gasteiger partial charge in [0.15, 0.2) is 0 Å². The van der Waals surface area contributed by atoms with Crippen LogP contribution < -0.4 is 10.6 Å². The zero-order valence-corrected chi connectivity index (χ0v) is 23.5. The number of amides is 1. The molecule has 3 aromatic carbocycles. The van der Waals surface area contributed by atoms with Crippen molar-refractivity contribution in [2.45, 2.75) is 13.0 Å². The molecule has 0 fully saturated rings. The van der Waals surface area contributed by atoms with Gasteiger partial charge in [-0.25, -0.2) is 19.3 Å². The summed E-state index contributed by atoms with van der Waals surface area (Å²) >= 11 is 0. The second-order valence-electron chi connectivity index (χ2n) is 10.6. The van der Waals surface area contributed by atoms with E-state index in [4.69, 9.17) is 9.97 Å². The van der Waals surface area contributed by atoms with Crippen molar-refractivity contribution in [1.82, 2.24) is 24.3 Å². The summed E-state index contributed by atoms with van der Waals surface area (Å²) in [6, 6.07) is 27.3. The van der Waals surface area contributed by atoms with Gasteiger partial charge in [0.05, 0.1) is 22.6 Å². The highest BCUT2D eigenvalue weighted by Gasteiger charge is 2.19. The van der Waals surface area contributed by atoms with Crippen LogP contribution in [0, 0.1) is 5.82 Å². The van der Waals surface area contributed by atoms with Gasteiger partial charge in [-0.15, -0.1) is 0 Å². The van der Waals surface area contributed by atoms with Crippen molar-refractivity contribution >= 4 is 28.9 Å². The molecule has 2 N–H and O–H groups in total. The summed E-state index contributed by atoms with van der Waals surface area (Å²) in [6.45, 7) is 1.98. The van der Waals surface area contributed by atoms with Gasteiger partial charge in [-0.2, -0.15) is 0 Å². The number of anilines is 3. The van der Waals surface area contributed by atoms with Crippen LogP contribution in [0.2, 0.25) is 0 Å². The normalized spacial score (nSPS) is 13.1. The van der Waals surface area contributed by atoms with Crippen LogP contribution in [0.4, 0.5) is 21.7 Å². The molecular formula is C34H28FN7O. The van der Waals surface area contributed by atoms with E-state index in [1.165, 1.54) is 23.3 Å². The van der Waals surface area contributed by atoms with Gasteiger partial charge >= 0.3 is 0 Å². The number of hydrogen-bond acceptors (Lipinski definition) is 6. The summed E-state index contributed by atoms with van der Waals surface area (Å²) in [5.41, 5.74) is 7.80. The summed E-state index contributed by atoms with van der Waals surface area (Å²) in [6.07, 6.45) is 4.72. The maximum absolute atomic E-state index is 14.2. The number of carbonyl (C=O) groups is 1. The van der Waals surface area contributed by atoms with Crippen LogP contribution in [-0.4, -0.2) is 43.8 Å². The SMILES string of the molecule is CN1CCc2ccc(Nc3nccc(-c4c(-c5cccc(NC(=O)c6ccccc6F)c5)nc5ccccn45)n3)cc2C1. The molecule has 1 aliphatic heterocycles. The number of rotatable bonds is 6. The van der Waals surface area contributed by atoms with Crippen molar-refractivity contribution in [2.24, 2.45) is 0 Å². The molecule has 0 aliphatic carbocycles. The van der Waals surface area contributed by atoms with Gasteiger partial charge in [0.2, 0.25) is 5.95 Å². The van der Waals surface area contributed by atoms with Crippen LogP contribution in [-0.2, 0) is 13.0 Å². The quantitative estimate of drug-likeness (QED) is 0.236. The fourth-order valence-electron chi connectivity index (χ4n) is 5.49. The number of likely N-dealkylation sites (N-methyl/N-ethyl adjacent to an activating group) is 1. The molecule has 7 rings (SSSR count). The molecule has 6 aromatic rings. The molecule has 1 aliphatic rings. The summed E-state index contributed by atoms with van der Waals surface area (Å²) < 4.78 is 16.2. The van der Waals surface area contributed by atoms with E-state index in [2.05, 4.69) is 45.8 Å². The molecule has 0 saturated carbocycles. The number of aromatic nitrogens is 4. The lowest BCUT2D eigenvalue weighted by Gasteiger charge is -2.25. The highest BCUT2D eigenvalue weighted by atomic mass is 19.1. The van der Waals surface area contributed by atoms with E-state index in [9.17, 15) is 9.18 Å². The van der Waals surface area contributed by atoms with Crippen LogP contribution in [0.3, 0.4) is 0 Å². The molecule has 3 aromatic heterocycles. The van der Waals surface area contributed by atoms with E-state index in [0.717, 1.165) is 42.1 Å². The minimum Gasteiger partial charge on any atom is -0.324 e. The Kier molecular flexibility index (Phi) is 6.84. The lowest BCUT2D eigenvalue weighted by Crippen LogP contribution is -2.26. The smallest absolute Gasteiger partial charge is 0.258 e. The highest BCUT2D eigenvalue weighted by molar-refractivity contribution is 6.04. The van der Waals surface area contributed by atoms with Crippen molar-refractivity contribution in [1.29, 1.82) is 0 Å². The molecule has 1 amide bonds. The molecule has 0 spiro atoms. The molecule has 0 radical (unpaired) electrons. The molecule has 0 unspecified atom stereocenters. The van der Waals surface area contributed by atoms with Gasteiger partial charge < -0.3 is 15.5 Å². The molecule has 4 heterocycles. The maximum Gasteiger partial charge on any atom is 0.258 e. The first-order valence-corrected chi connectivity index (χ1v) is 14.1. The Labute approximate surface area is 247 Å². The minimum absolute atomic E-state index is 0.0201. The molecule has 43 heavy (non-hydrogen) atoms. The molecular weight excluding hydrogens is 541 g/mol. The Hall–Kier alpha value is -5.41. The standard InChI is InChI=1S/C34H28FN7O/c1-41-18-15-22-12-13-26(20-24(22)21-41)38-34-36-16-14-29(39-34)32-31(40-30-11-4-5-17-42(30)32)23-7-6-8-25(19-23)37-33(43)27-9-2-3-10-28(27)35/h2-14,16-17,19-20H,15,18,21H2,1H3,(H,37,43)(H,36,38,39). The maximum atomic E-state index is 14.2. The van der Waals surface area contributed by atoms with Gasteiger partial charge in [-0.05, 0) is 79.2 Å². The molecule has 8 nitrogen and oxygen atoms in total. The van der Waals surface area contributed by atoms with Crippen LogP contribution >= 0.6 is 0 Å². The Bertz CT molecular complexity index is 1990. The fourth-order valence-corrected chi connectivity index (χ4v) is 5.49. The molecule has 0 atom stereocenters. The van der Waals surface area contributed by atoms with E-state index in [1.807, 2.05) is 53.1 Å². The van der Waals surface area contributed by atoms with Gasteiger partial charge in [0, 0.05) is 42.4 Å². The second kappa shape index (κ2) is 11.1. The topological polar surface area (TPSA) is 87.5 Å². The number of fused-ring (bicyclic) bond motifs is 2. The van der Waals surface area contributed by atoms with Crippen molar-refractivity contribution in [3.05, 3.63) is 126 Å². The molecule has 0 saturated heterocycles. The lowest BCUT2D eigenvalue weighted by atomic mass is 9.99. The van der Waals surface area contributed by atoms with E-state index in [1.54, 1.807) is 24.4 Å². The summed E-state index contributed by atoms with van der Waals surface area (Å²) in [5, 5.41) is 6.19. The number of imidazole rings is 1. The number of hydrogen-bond donors (Lipinski definition) is 2. The Balaban J connectivity index is 1.23. The second-order valence-corrected chi connectivity index (χ2v) is 10.6. The summed E-state index contributed by atoms with van der Waals surface area (Å²) in [4.78, 5) is 29.4. The van der Waals surface area contributed by atoms with Crippen molar-refractivity contribution < 1.29 is 9.18 Å².